The smallest absolute Gasteiger partial charge is 0.243 e. The van der Waals surface area contributed by atoms with Gasteiger partial charge in [0.25, 0.3) is 0 Å². The molecular weight excluding hydrogens is 550 g/mol. The number of amides is 1. The third kappa shape index (κ3) is 7.31. The summed E-state index contributed by atoms with van der Waals surface area (Å²) in [6.45, 7) is 9.62. The summed E-state index contributed by atoms with van der Waals surface area (Å²) >= 11 is 6.18. The van der Waals surface area contributed by atoms with Crippen molar-refractivity contribution in [2.45, 2.75) is 81.8 Å². The molecule has 0 bridgehead atoms. The maximum absolute atomic E-state index is 13.3. The van der Waals surface area contributed by atoms with Crippen LogP contribution < -0.4 is 4.74 Å². The van der Waals surface area contributed by atoms with Gasteiger partial charge in [0.05, 0.1) is 12.0 Å². The number of nitrogens with zero attached hydrogens (tertiary/aromatic N) is 5. The van der Waals surface area contributed by atoms with Crippen molar-refractivity contribution < 1.29 is 17.9 Å². The van der Waals surface area contributed by atoms with Crippen LogP contribution in [0.3, 0.4) is 0 Å². The lowest BCUT2D eigenvalue weighted by Gasteiger charge is -2.46. The zero-order valence-electron chi connectivity index (χ0n) is 24.9. The number of piperidine rings is 3. The molecule has 3 aliphatic heterocycles. The van der Waals surface area contributed by atoms with Gasteiger partial charge < -0.3 is 14.5 Å². The normalized spacial score (nSPS) is 22.8. The van der Waals surface area contributed by atoms with Crippen LogP contribution in [-0.2, 0) is 14.8 Å². The van der Waals surface area contributed by atoms with Crippen molar-refractivity contribution in [2.75, 3.05) is 67.0 Å². The van der Waals surface area contributed by atoms with E-state index in [2.05, 4.69) is 9.80 Å². The summed E-state index contributed by atoms with van der Waals surface area (Å²) in [7, 11) is 1.38. The largest absolute Gasteiger partial charge is 0.497 e. The molecule has 3 saturated heterocycles. The molecular formula is C29H48ClN5O4S. The van der Waals surface area contributed by atoms with Gasteiger partial charge in [-0.15, -0.1) is 0 Å². The van der Waals surface area contributed by atoms with Gasteiger partial charge in [-0.1, -0.05) is 0 Å². The molecule has 3 aliphatic rings. The van der Waals surface area contributed by atoms with Crippen molar-refractivity contribution in [1.82, 2.24) is 23.4 Å². The average molecular weight is 598 g/mol. The van der Waals surface area contributed by atoms with Crippen LogP contribution in [0.4, 0.5) is 0 Å². The van der Waals surface area contributed by atoms with E-state index in [1.165, 1.54) is 17.1 Å². The Labute approximate surface area is 246 Å². The monoisotopic (exact) mass is 597 g/mol. The number of benzene rings is 1. The zero-order chi connectivity index (χ0) is 29.0. The molecule has 0 aliphatic carbocycles. The van der Waals surface area contributed by atoms with Crippen molar-refractivity contribution in [2.24, 2.45) is 0 Å². The lowest BCUT2D eigenvalue weighted by atomic mass is 9.95. The molecule has 0 aromatic heterocycles. The highest BCUT2D eigenvalue weighted by Gasteiger charge is 2.34. The Kier molecular flexibility index (Phi) is 10.8. The first-order valence-electron chi connectivity index (χ1n) is 14.8. The van der Waals surface area contributed by atoms with Crippen LogP contribution in [0.2, 0.25) is 0 Å². The summed E-state index contributed by atoms with van der Waals surface area (Å²) in [6, 6.07) is 4.99. The number of hydrogen-bond acceptors (Lipinski definition) is 7. The number of rotatable bonds is 9. The van der Waals surface area contributed by atoms with Crippen molar-refractivity contribution in [1.29, 1.82) is 0 Å². The maximum Gasteiger partial charge on any atom is 0.243 e. The predicted molar refractivity (Wildman–Crippen MR) is 159 cm³/mol. The third-order valence-electron chi connectivity index (χ3n) is 9.26. The van der Waals surface area contributed by atoms with Gasteiger partial charge in [0.1, 0.15) is 5.75 Å². The minimum Gasteiger partial charge on any atom is -0.497 e. The van der Waals surface area contributed by atoms with E-state index in [9.17, 15) is 13.2 Å². The summed E-state index contributed by atoms with van der Waals surface area (Å²) in [5.41, 5.74) is 1.29. The number of carbonyl (C=O) groups is 1. The average Bonchev–Trinajstić information content (AvgIpc) is 2.95. The molecule has 3 fully saturated rings. The van der Waals surface area contributed by atoms with Gasteiger partial charge in [-0.2, -0.15) is 0 Å². The lowest BCUT2D eigenvalue weighted by molar-refractivity contribution is -0.133. The highest BCUT2D eigenvalue weighted by molar-refractivity contribution is 7.89. The molecule has 1 amide bonds. The molecule has 1 unspecified atom stereocenters. The highest BCUT2D eigenvalue weighted by Crippen LogP contribution is 2.29. The number of ether oxygens (including phenoxy) is 1. The fourth-order valence-corrected chi connectivity index (χ4v) is 8.59. The molecule has 9 nitrogen and oxygen atoms in total. The number of hydrogen-bond donors (Lipinski definition) is 0. The third-order valence-corrected chi connectivity index (χ3v) is 11.7. The molecule has 40 heavy (non-hydrogen) atoms. The molecule has 4 rings (SSSR count). The minimum absolute atomic E-state index is 0.0388. The second-order valence-electron chi connectivity index (χ2n) is 11.9. The van der Waals surface area contributed by atoms with Crippen LogP contribution in [0.25, 0.3) is 0 Å². The van der Waals surface area contributed by atoms with Gasteiger partial charge >= 0.3 is 0 Å². The summed E-state index contributed by atoms with van der Waals surface area (Å²) in [6.07, 6.45) is 6.93. The second kappa shape index (κ2) is 13.7. The lowest BCUT2D eigenvalue weighted by Crippen LogP contribution is -2.55. The molecule has 0 saturated carbocycles. The van der Waals surface area contributed by atoms with E-state index in [0.717, 1.165) is 65.0 Å². The Morgan fingerprint density at radius 2 is 1.52 bits per heavy atom. The van der Waals surface area contributed by atoms with Crippen LogP contribution >= 0.6 is 11.8 Å². The standard InChI is InChI=1S/C29H48ClN5O4S/c1-22-19-27(39-5)20-23(2)29(22)40(37,38)31(3)14-12-28(36)35-13-6-7-26(21-35)34-17-10-25(11-18-34)33-15-8-24(9-16-33)32(4)30/h19-20,24-26H,6-18,21H2,1-5H3. The Hall–Kier alpha value is -1.43. The van der Waals surface area contributed by atoms with Gasteiger partial charge in [0, 0.05) is 58.3 Å². The maximum atomic E-state index is 13.3. The zero-order valence-corrected chi connectivity index (χ0v) is 26.5. The Balaban J connectivity index is 1.25. The van der Waals surface area contributed by atoms with Crippen LogP contribution in [-0.4, -0.2) is 123 Å². The first-order chi connectivity index (χ1) is 19.0. The topological polar surface area (TPSA) is 76.6 Å². The predicted octanol–water partition coefficient (Wildman–Crippen LogP) is 3.33. The molecule has 1 aromatic carbocycles. The van der Waals surface area contributed by atoms with E-state index in [0.29, 0.717) is 39.9 Å². The van der Waals surface area contributed by atoms with Crippen LogP contribution in [0.15, 0.2) is 17.0 Å². The molecule has 1 atom stereocenters. The summed E-state index contributed by atoms with van der Waals surface area (Å²) < 4.78 is 35.1. The van der Waals surface area contributed by atoms with Crippen LogP contribution in [0.1, 0.15) is 56.1 Å². The first-order valence-corrected chi connectivity index (χ1v) is 16.5. The van der Waals surface area contributed by atoms with E-state index in [4.69, 9.17) is 16.5 Å². The van der Waals surface area contributed by atoms with Gasteiger partial charge in [-0.3, -0.25) is 9.69 Å². The molecule has 0 N–H and O–H groups in total. The quantitative estimate of drug-likeness (QED) is 0.404. The van der Waals surface area contributed by atoms with Gasteiger partial charge in [0.2, 0.25) is 15.9 Å². The van der Waals surface area contributed by atoms with Crippen molar-refractivity contribution in [3.05, 3.63) is 23.3 Å². The van der Waals surface area contributed by atoms with E-state index < -0.39 is 10.0 Å². The van der Waals surface area contributed by atoms with Crippen molar-refractivity contribution in [3.8, 4) is 5.75 Å². The fraction of sp³-hybridized carbons (Fsp3) is 0.759. The first kappa shape index (κ1) is 31.5. The van der Waals surface area contributed by atoms with E-state index in [1.54, 1.807) is 40.1 Å². The van der Waals surface area contributed by atoms with Crippen molar-refractivity contribution >= 4 is 27.7 Å². The number of aryl methyl sites for hydroxylation is 2. The highest BCUT2D eigenvalue weighted by atomic mass is 35.5. The number of methoxy groups -OCH3 is 1. The van der Waals surface area contributed by atoms with E-state index >= 15 is 0 Å². The van der Waals surface area contributed by atoms with E-state index in [-0.39, 0.29) is 18.9 Å². The summed E-state index contributed by atoms with van der Waals surface area (Å²) in [5.74, 6) is 0.674. The van der Waals surface area contributed by atoms with Crippen LogP contribution in [0, 0.1) is 13.8 Å². The molecule has 1 aromatic rings. The minimum atomic E-state index is -3.72. The Morgan fingerprint density at radius 3 is 2.10 bits per heavy atom. The number of carbonyl (C=O) groups excluding carboxylic acids is 1. The molecule has 0 radical (unpaired) electrons. The SMILES string of the molecule is COc1cc(C)c(S(=O)(=O)N(C)CCC(=O)N2CCCC(N3CCC(N4CCC(N(C)Cl)CC4)CC3)C2)c(C)c1. The number of likely N-dealkylation sites (tertiary alicyclic amines) is 3. The van der Waals surface area contributed by atoms with Crippen LogP contribution in [0.5, 0.6) is 5.75 Å². The summed E-state index contributed by atoms with van der Waals surface area (Å²) in [5, 5.41) is 0. The van der Waals surface area contributed by atoms with E-state index in [1.807, 2.05) is 16.4 Å². The molecule has 3 heterocycles. The van der Waals surface area contributed by atoms with Gasteiger partial charge in [-0.25, -0.2) is 17.1 Å². The second-order valence-corrected chi connectivity index (χ2v) is 14.4. The fourth-order valence-electron chi connectivity index (χ4n) is 6.82. The number of sulfonamides is 1. The molecule has 11 heteroatoms. The Bertz CT molecular complexity index is 1090. The molecule has 226 valence electrons. The number of halogens is 1. The van der Waals surface area contributed by atoms with Gasteiger partial charge in [0.15, 0.2) is 0 Å². The molecule has 0 spiro atoms. The van der Waals surface area contributed by atoms with Gasteiger partial charge in [-0.05, 0) is 114 Å². The summed E-state index contributed by atoms with van der Waals surface area (Å²) in [4.78, 5) is 20.7. The Morgan fingerprint density at radius 1 is 0.950 bits per heavy atom. The van der Waals surface area contributed by atoms with Crippen molar-refractivity contribution in [3.63, 3.8) is 0 Å².